The number of unbranched alkanes of at least 4 members (excludes halogenated alkanes) is 2. The van der Waals surface area contributed by atoms with Gasteiger partial charge in [0, 0.05) is 54.9 Å². The molecule has 1 saturated carbocycles. The number of halogens is 1. The number of fused-ring (bicyclic) bond motifs is 2. The van der Waals surface area contributed by atoms with E-state index in [4.69, 9.17) is 11.6 Å². The smallest absolute Gasteiger partial charge is 0.257 e. The summed E-state index contributed by atoms with van der Waals surface area (Å²) in [7, 11) is 2.11. The maximum Gasteiger partial charge on any atom is 0.257 e. The monoisotopic (exact) mass is 754 g/mol. The molecule has 0 saturated heterocycles. The molecule has 55 heavy (non-hydrogen) atoms. The van der Waals surface area contributed by atoms with Gasteiger partial charge >= 0.3 is 0 Å². The molecule has 0 spiro atoms. The lowest BCUT2D eigenvalue weighted by Crippen LogP contribution is -2.23. The van der Waals surface area contributed by atoms with Crippen LogP contribution >= 0.6 is 11.6 Å². The summed E-state index contributed by atoms with van der Waals surface area (Å²) in [6.45, 7) is 5.80. The number of amides is 2. The fourth-order valence-corrected chi connectivity index (χ4v) is 7.35. The second-order valence-corrected chi connectivity index (χ2v) is 14.7. The average Bonchev–Trinajstić information content (AvgIpc) is 3.21. The van der Waals surface area contributed by atoms with Crippen LogP contribution in [-0.4, -0.2) is 41.9 Å². The quantitative estimate of drug-likeness (QED) is 0.121. The highest BCUT2D eigenvalue weighted by molar-refractivity contribution is 6.34. The van der Waals surface area contributed by atoms with Gasteiger partial charge in [0.15, 0.2) is 0 Å². The molecule has 284 valence electrons. The lowest BCUT2D eigenvalue weighted by Gasteiger charge is -2.23. The van der Waals surface area contributed by atoms with Gasteiger partial charge < -0.3 is 15.5 Å². The molecular formula is C46H51ClN6O2. The van der Waals surface area contributed by atoms with Crippen molar-refractivity contribution in [3.05, 3.63) is 126 Å². The number of pyridine rings is 2. The predicted molar refractivity (Wildman–Crippen MR) is 230 cm³/mol. The molecule has 0 bridgehead atoms. The van der Waals surface area contributed by atoms with E-state index in [0.29, 0.717) is 16.3 Å². The predicted octanol–water partition coefficient (Wildman–Crippen LogP) is 11.7. The molecule has 6 aromatic rings. The molecule has 1 aliphatic carbocycles. The molecule has 8 nitrogen and oxygen atoms in total. The summed E-state index contributed by atoms with van der Waals surface area (Å²) in [5, 5.41) is 8.80. The van der Waals surface area contributed by atoms with Gasteiger partial charge in [0.1, 0.15) is 0 Å². The van der Waals surface area contributed by atoms with E-state index in [1.807, 2.05) is 84.9 Å². The first-order valence-electron chi connectivity index (χ1n) is 19.5. The van der Waals surface area contributed by atoms with Gasteiger partial charge in [-0.2, -0.15) is 0 Å². The Balaban J connectivity index is 0.000000187. The number of para-hydroxylation sites is 2. The van der Waals surface area contributed by atoms with E-state index in [0.717, 1.165) is 63.6 Å². The van der Waals surface area contributed by atoms with Crippen LogP contribution in [0.4, 0.5) is 28.4 Å². The van der Waals surface area contributed by atoms with Crippen LogP contribution in [-0.2, 0) is 4.79 Å². The SMILES string of the molecule is CCCCCN(C)c1ccc(N(C(C)=O)c2cnc3ccccc3c2)cc1.O=C(Nc1cnc2ccccc2c1)c1ccc(NCC2CCCCC2)cc1Cl. The summed E-state index contributed by atoms with van der Waals surface area (Å²) in [4.78, 5) is 37.8. The largest absolute Gasteiger partial charge is 0.385 e. The second-order valence-electron chi connectivity index (χ2n) is 14.3. The molecule has 9 heteroatoms. The van der Waals surface area contributed by atoms with Crippen LogP contribution in [0.15, 0.2) is 116 Å². The van der Waals surface area contributed by atoms with Crippen molar-refractivity contribution < 1.29 is 9.59 Å². The summed E-state index contributed by atoms with van der Waals surface area (Å²) in [6.07, 6.45) is 13.7. The first-order chi connectivity index (χ1) is 26.8. The molecule has 0 unspecified atom stereocenters. The zero-order chi connectivity index (χ0) is 38.6. The third kappa shape index (κ3) is 10.6. The minimum Gasteiger partial charge on any atom is -0.385 e. The van der Waals surface area contributed by atoms with Gasteiger partial charge in [0.05, 0.1) is 45.4 Å². The molecule has 0 atom stereocenters. The van der Waals surface area contributed by atoms with E-state index >= 15 is 0 Å². The molecular weight excluding hydrogens is 704 g/mol. The van der Waals surface area contributed by atoms with Gasteiger partial charge in [0.2, 0.25) is 5.91 Å². The van der Waals surface area contributed by atoms with Crippen molar-refractivity contribution in [3.63, 3.8) is 0 Å². The highest BCUT2D eigenvalue weighted by atomic mass is 35.5. The van der Waals surface area contributed by atoms with Crippen molar-refractivity contribution in [1.29, 1.82) is 0 Å². The van der Waals surface area contributed by atoms with Crippen molar-refractivity contribution in [2.45, 2.75) is 65.2 Å². The van der Waals surface area contributed by atoms with Gasteiger partial charge in [-0.15, -0.1) is 0 Å². The fraction of sp³-hybridized carbons (Fsp3) is 0.304. The van der Waals surface area contributed by atoms with E-state index in [1.165, 1.54) is 51.4 Å². The van der Waals surface area contributed by atoms with Gasteiger partial charge in [-0.3, -0.25) is 24.5 Å². The number of carbonyl (C=O) groups excluding carboxylic acids is 2. The summed E-state index contributed by atoms with van der Waals surface area (Å²) in [5.41, 5.74) is 6.68. The Morgan fingerprint density at radius 3 is 2.07 bits per heavy atom. The number of aromatic nitrogens is 2. The third-order valence-electron chi connectivity index (χ3n) is 10.2. The number of rotatable bonds is 12. The first-order valence-corrected chi connectivity index (χ1v) is 19.8. The molecule has 7 rings (SSSR count). The average molecular weight is 755 g/mol. The normalized spacial score (nSPS) is 12.8. The summed E-state index contributed by atoms with van der Waals surface area (Å²) in [6, 6.07) is 33.3. The molecule has 2 heterocycles. The molecule has 2 amide bonds. The number of anilines is 5. The van der Waals surface area contributed by atoms with Crippen molar-refractivity contribution in [2.24, 2.45) is 5.92 Å². The number of carbonyl (C=O) groups is 2. The second kappa shape index (κ2) is 19.2. The van der Waals surface area contributed by atoms with Crippen molar-refractivity contribution in [3.8, 4) is 0 Å². The van der Waals surface area contributed by atoms with Crippen LogP contribution < -0.4 is 20.4 Å². The molecule has 4 aromatic carbocycles. The van der Waals surface area contributed by atoms with Gasteiger partial charge in [0.25, 0.3) is 5.91 Å². The van der Waals surface area contributed by atoms with Gasteiger partial charge in [-0.1, -0.05) is 87.0 Å². The Kier molecular flexibility index (Phi) is 13.7. The highest BCUT2D eigenvalue weighted by Crippen LogP contribution is 2.30. The number of hydrogen-bond acceptors (Lipinski definition) is 6. The van der Waals surface area contributed by atoms with Crippen LogP contribution in [0.5, 0.6) is 0 Å². The maximum absolute atomic E-state index is 12.6. The zero-order valence-corrected chi connectivity index (χ0v) is 32.9. The third-order valence-corrected chi connectivity index (χ3v) is 10.5. The van der Waals surface area contributed by atoms with Crippen molar-refractivity contribution in [2.75, 3.05) is 40.6 Å². The molecule has 2 N–H and O–H groups in total. The maximum atomic E-state index is 12.6. The molecule has 1 fully saturated rings. The number of nitrogens with one attached hydrogen (secondary N) is 2. The Morgan fingerprint density at radius 2 is 1.40 bits per heavy atom. The van der Waals surface area contributed by atoms with Crippen molar-refractivity contribution in [1.82, 2.24) is 9.97 Å². The standard InChI is InChI=1S/C23H24ClN3O.C23H27N3O/c24-21-13-18(25-14-16-6-2-1-3-7-16)10-11-20(21)23(28)27-19-12-17-8-4-5-9-22(17)26-15-19;1-4-5-8-15-25(3)20-11-13-21(14-12-20)26(18(2)27)22-16-19-9-6-7-10-23(19)24-17-22/h4-5,8-13,15-16,25H,1-3,6-7,14H2,(H,27,28);6-7,9-14,16-17H,4-5,8,15H2,1-3H3. The van der Waals surface area contributed by atoms with Gasteiger partial charge in [-0.05, 0) is 91.9 Å². The molecule has 2 aromatic heterocycles. The first kappa shape index (κ1) is 39.2. The summed E-state index contributed by atoms with van der Waals surface area (Å²) >= 11 is 6.39. The highest BCUT2D eigenvalue weighted by Gasteiger charge is 2.17. The number of nitrogens with zero attached hydrogens (tertiary/aromatic N) is 4. The minimum atomic E-state index is -0.235. The topological polar surface area (TPSA) is 90.5 Å². The van der Waals surface area contributed by atoms with Crippen LogP contribution in [0.3, 0.4) is 0 Å². The fourth-order valence-electron chi connectivity index (χ4n) is 7.08. The molecule has 1 aliphatic rings. The van der Waals surface area contributed by atoms with E-state index in [1.54, 1.807) is 30.3 Å². The summed E-state index contributed by atoms with van der Waals surface area (Å²) in [5.74, 6) is 0.466. The van der Waals surface area contributed by atoms with Gasteiger partial charge in [-0.25, -0.2) is 0 Å². The zero-order valence-electron chi connectivity index (χ0n) is 32.1. The van der Waals surface area contributed by atoms with Crippen LogP contribution in [0, 0.1) is 5.92 Å². The van der Waals surface area contributed by atoms with Crippen LogP contribution in [0.25, 0.3) is 21.8 Å². The van der Waals surface area contributed by atoms with E-state index in [9.17, 15) is 9.59 Å². The molecule has 0 radical (unpaired) electrons. The Morgan fingerprint density at radius 1 is 0.745 bits per heavy atom. The Labute approximate surface area is 329 Å². The van der Waals surface area contributed by atoms with E-state index < -0.39 is 0 Å². The van der Waals surface area contributed by atoms with Crippen LogP contribution in [0.1, 0.15) is 75.6 Å². The minimum absolute atomic E-state index is 0.0314. The number of hydrogen-bond donors (Lipinski definition) is 2. The lowest BCUT2D eigenvalue weighted by atomic mass is 9.89. The number of benzene rings is 4. The summed E-state index contributed by atoms with van der Waals surface area (Å²) < 4.78 is 0. The Hall–Kier alpha value is -5.47. The van der Waals surface area contributed by atoms with E-state index in [-0.39, 0.29) is 11.8 Å². The van der Waals surface area contributed by atoms with Crippen molar-refractivity contribution >= 4 is 73.7 Å². The lowest BCUT2D eigenvalue weighted by molar-refractivity contribution is -0.115. The Bertz CT molecular complexity index is 2200. The van der Waals surface area contributed by atoms with E-state index in [2.05, 4.69) is 51.6 Å². The van der Waals surface area contributed by atoms with Crippen LogP contribution in [0.2, 0.25) is 5.02 Å². The molecule has 0 aliphatic heterocycles.